The minimum atomic E-state index is -5.14. The molecule has 0 heterocycles. The molecule has 0 aromatic carbocycles. The zero-order valence-electron chi connectivity index (χ0n) is 36.7. The van der Waals surface area contributed by atoms with Crippen LogP contribution in [0.3, 0.4) is 0 Å². The van der Waals surface area contributed by atoms with E-state index in [0.29, 0.717) is 12.8 Å². The summed E-state index contributed by atoms with van der Waals surface area (Å²) in [6.07, 6.45) is 33.7. The second-order valence-electron chi connectivity index (χ2n) is 15.2. The highest BCUT2D eigenvalue weighted by molar-refractivity contribution is 7.47. The fourth-order valence-electron chi connectivity index (χ4n) is 6.13. The van der Waals surface area contributed by atoms with Crippen LogP contribution in [0.2, 0.25) is 0 Å². The highest BCUT2D eigenvalue weighted by Crippen LogP contribution is 2.47. The van der Waals surface area contributed by atoms with Gasteiger partial charge in [0.1, 0.15) is 43.2 Å². The Balaban J connectivity index is 2.53. The lowest BCUT2D eigenvalue weighted by molar-refractivity contribution is -0.220. The summed E-state index contributed by atoms with van der Waals surface area (Å²) >= 11 is 0. The van der Waals surface area contributed by atoms with E-state index in [1.54, 1.807) is 0 Å². The zero-order valence-corrected chi connectivity index (χ0v) is 37.6. The quantitative estimate of drug-likeness (QED) is 0.0153. The summed E-state index contributed by atoms with van der Waals surface area (Å²) < 4.78 is 33.4. The summed E-state index contributed by atoms with van der Waals surface area (Å²) in [4.78, 5) is 35.6. The van der Waals surface area contributed by atoms with Gasteiger partial charge in [-0.1, -0.05) is 137 Å². The zero-order chi connectivity index (χ0) is 45.0. The van der Waals surface area contributed by atoms with Crippen LogP contribution in [0.15, 0.2) is 85.1 Å². The number of hydrogen-bond donors (Lipinski definition) is 6. The van der Waals surface area contributed by atoms with Crippen LogP contribution in [0.5, 0.6) is 0 Å². The highest BCUT2D eigenvalue weighted by atomic mass is 31.2. The Kier molecular flexibility index (Phi) is 33.5. The van der Waals surface area contributed by atoms with E-state index in [0.717, 1.165) is 64.2 Å². The van der Waals surface area contributed by atoms with Gasteiger partial charge in [0.05, 0.1) is 6.61 Å². The second kappa shape index (κ2) is 36.5. The number of rotatable bonds is 35. The summed E-state index contributed by atoms with van der Waals surface area (Å²) in [5.41, 5.74) is 0. The number of carbonyl (C=O) groups is 2. The van der Waals surface area contributed by atoms with Crippen molar-refractivity contribution in [2.45, 2.75) is 185 Å². The summed E-state index contributed by atoms with van der Waals surface area (Å²) in [5.74, 6) is -1.23. The Labute approximate surface area is 365 Å². The van der Waals surface area contributed by atoms with Crippen molar-refractivity contribution in [3.8, 4) is 0 Å². The van der Waals surface area contributed by atoms with Crippen molar-refractivity contribution in [1.29, 1.82) is 0 Å². The maximum absolute atomic E-state index is 12.8. The van der Waals surface area contributed by atoms with E-state index in [-0.39, 0.29) is 12.8 Å². The molecule has 13 nitrogen and oxygen atoms in total. The third kappa shape index (κ3) is 29.1. The van der Waals surface area contributed by atoms with Crippen molar-refractivity contribution in [3.05, 3.63) is 85.1 Å². The first-order valence-corrected chi connectivity index (χ1v) is 23.9. The number of esters is 2. The van der Waals surface area contributed by atoms with E-state index in [1.165, 1.54) is 38.5 Å². The van der Waals surface area contributed by atoms with Crippen LogP contribution in [0, 0.1) is 0 Å². The lowest BCUT2D eigenvalue weighted by Crippen LogP contribution is -2.64. The van der Waals surface area contributed by atoms with E-state index in [1.807, 2.05) is 12.2 Å². The summed E-state index contributed by atoms with van der Waals surface area (Å²) in [5, 5.41) is 50.1. The van der Waals surface area contributed by atoms with Crippen LogP contribution in [0.1, 0.15) is 142 Å². The molecule has 0 amide bonds. The van der Waals surface area contributed by atoms with Crippen LogP contribution in [-0.2, 0) is 32.7 Å². The van der Waals surface area contributed by atoms with Gasteiger partial charge in [0.25, 0.3) is 0 Å². The maximum atomic E-state index is 12.8. The summed E-state index contributed by atoms with van der Waals surface area (Å²) in [6, 6.07) is 0. The number of carbonyl (C=O) groups excluding carboxylic acids is 2. The Morgan fingerprint density at radius 2 is 0.967 bits per heavy atom. The van der Waals surface area contributed by atoms with Crippen LogP contribution in [-0.4, -0.2) is 98.3 Å². The maximum Gasteiger partial charge on any atom is 0.472 e. The molecule has 8 atom stereocenters. The Hall–Kier alpha value is -2.97. The standard InChI is InChI=1S/C47H77O13P/c1-3-5-7-9-11-13-15-17-18-19-20-21-22-24-25-27-29-31-33-35-40(48)57-37-39(38-58-61(55,56)60-47-45(53)43(51)42(50)44(52)46(47)54)59-41(49)36-34-32-30-28-26-23-16-14-12-10-8-6-4-2/h5,7,11,13,17-18,20-21,23-26,30,32,39,42-47,50-54H,3-4,6,8-10,12,14-16,19,22,27-29,31,33-38H2,1-2H3,(H,55,56)/b7-5+,13-11+,18-17+,21-20+,25-24+,26-23+,32-30+/t39?,42?,43-,44?,45?,46?,47?/m0/s1. The van der Waals surface area contributed by atoms with Gasteiger partial charge in [-0.2, -0.15) is 0 Å². The van der Waals surface area contributed by atoms with Crippen molar-refractivity contribution in [3.63, 3.8) is 0 Å². The number of allylic oxidation sites excluding steroid dienone is 14. The SMILES string of the molecule is CC/C=C/C/C=C/C/C=C/C/C=C/C/C=C/CCCCCC(=O)OCC(COP(=O)(O)OC1C(O)C(O)C(O)[C@H](O)C1O)OC(=O)CC/C=C/C/C=C/CCCCCCCC. The van der Waals surface area contributed by atoms with E-state index in [9.17, 15) is 44.6 Å². The molecule has 61 heavy (non-hydrogen) atoms. The molecule has 0 aliphatic heterocycles. The van der Waals surface area contributed by atoms with Gasteiger partial charge in [-0.3, -0.25) is 18.6 Å². The normalized spacial score (nSPS) is 22.8. The highest BCUT2D eigenvalue weighted by Gasteiger charge is 2.51. The summed E-state index contributed by atoms with van der Waals surface area (Å²) in [6.45, 7) is 3.07. The average molecular weight is 881 g/mol. The molecule has 14 heteroatoms. The molecule has 348 valence electrons. The lowest BCUT2D eigenvalue weighted by Gasteiger charge is -2.41. The number of ether oxygens (including phenoxy) is 2. The molecule has 0 saturated heterocycles. The van der Waals surface area contributed by atoms with Crippen LogP contribution < -0.4 is 0 Å². The van der Waals surface area contributed by atoms with Crippen molar-refractivity contribution in [1.82, 2.24) is 0 Å². The average Bonchev–Trinajstić information content (AvgIpc) is 3.24. The number of unbranched alkanes of at least 4 members (excludes halogenated alkanes) is 9. The Morgan fingerprint density at radius 3 is 1.49 bits per heavy atom. The number of phosphoric acid groups is 1. The molecular weight excluding hydrogens is 803 g/mol. The van der Waals surface area contributed by atoms with Gasteiger partial charge in [0, 0.05) is 12.8 Å². The van der Waals surface area contributed by atoms with Crippen molar-refractivity contribution >= 4 is 19.8 Å². The van der Waals surface area contributed by atoms with Crippen molar-refractivity contribution < 1.29 is 63.1 Å². The first-order chi connectivity index (χ1) is 29.4. The molecule has 1 aliphatic carbocycles. The minimum Gasteiger partial charge on any atom is -0.462 e. The molecule has 1 saturated carbocycles. The molecule has 7 unspecified atom stereocenters. The Bertz CT molecular complexity index is 1390. The van der Waals surface area contributed by atoms with E-state index >= 15 is 0 Å². The first-order valence-electron chi connectivity index (χ1n) is 22.4. The second-order valence-corrected chi connectivity index (χ2v) is 16.6. The molecule has 0 aromatic heterocycles. The number of aliphatic hydroxyl groups excluding tert-OH is 5. The minimum absolute atomic E-state index is 0.0217. The third-order valence-electron chi connectivity index (χ3n) is 9.73. The van der Waals surface area contributed by atoms with Crippen molar-refractivity contribution in [2.75, 3.05) is 13.2 Å². The fraction of sp³-hybridized carbons (Fsp3) is 0.660. The number of phosphoric ester groups is 1. The molecule has 0 spiro atoms. The Morgan fingerprint density at radius 1 is 0.525 bits per heavy atom. The molecule has 1 rings (SSSR count). The molecule has 6 N–H and O–H groups in total. The molecule has 1 fully saturated rings. The summed E-state index contributed by atoms with van der Waals surface area (Å²) in [7, 11) is -5.14. The largest absolute Gasteiger partial charge is 0.472 e. The van der Waals surface area contributed by atoms with Crippen molar-refractivity contribution in [2.24, 2.45) is 0 Å². The van der Waals surface area contributed by atoms with Gasteiger partial charge in [0.2, 0.25) is 0 Å². The molecule has 0 bridgehead atoms. The van der Waals surface area contributed by atoms with Crippen LogP contribution >= 0.6 is 7.82 Å². The van der Waals surface area contributed by atoms with E-state index in [4.69, 9.17) is 18.5 Å². The monoisotopic (exact) mass is 881 g/mol. The van der Waals surface area contributed by atoms with Gasteiger partial charge in [-0.25, -0.2) is 4.57 Å². The third-order valence-corrected chi connectivity index (χ3v) is 10.7. The predicted octanol–water partition coefficient (Wildman–Crippen LogP) is 8.50. The van der Waals surface area contributed by atoms with Gasteiger partial charge in [-0.05, 0) is 77.0 Å². The smallest absolute Gasteiger partial charge is 0.462 e. The van der Waals surface area contributed by atoms with Gasteiger partial charge in [-0.15, -0.1) is 0 Å². The van der Waals surface area contributed by atoms with E-state index in [2.05, 4.69) is 86.8 Å². The van der Waals surface area contributed by atoms with Crippen LogP contribution in [0.25, 0.3) is 0 Å². The van der Waals surface area contributed by atoms with Crippen LogP contribution in [0.4, 0.5) is 0 Å². The molecule has 0 radical (unpaired) electrons. The van der Waals surface area contributed by atoms with Gasteiger partial charge in [0.15, 0.2) is 6.10 Å². The molecule has 0 aromatic rings. The number of hydrogen-bond acceptors (Lipinski definition) is 12. The predicted molar refractivity (Wildman–Crippen MR) is 239 cm³/mol. The van der Waals surface area contributed by atoms with E-state index < -0.39 is 75.7 Å². The molecular formula is C47H77O13P. The molecule has 1 aliphatic rings. The number of aliphatic hydroxyl groups is 5. The van der Waals surface area contributed by atoms with Gasteiger partial charge >= 0.3 is 19.8 Å². The fourth-order valence-corrected chi connectivity index (χ4v) is 7.10. The topological polar surface area (TPSA) is 210 Å². The first kappa shape index (κ1) is 56.0. The van der Waals surface area contributed by atoms with Gasteiger partial charge < -0.3 is 39.9 Å². The lowest BCUT2D eigenvalue weighted by atomic mass is 9.85.